The van der Waals surface area contributed by atoms with Gasteiger partial charge in [0, 0.05) is 10.5 Å². The highest BCUT2D eigenvalue weighted by Crippen LogP contribution is 2.40. The van der Waals surface area contributed by atoms with Crippen LogP contribution in [0.1, 0.15) is 21.7 Å². The van der Waals surface area contributed by atoms with Crippen LogP contribution in [0.2, 0.25) is 0 Å². The highest BCUT2D eigenvalue weighted by atomic mass is 32.2. The number of benzene rings is 1. The van der Waals surface area contributed by atoms with Crippen molar-refractivity contribution in [2.24, 2.45) is 0 Å². The van der Waals surface area contributed by atoms with E-state index in [9.17, 15) is 18.0 Å². The third-order valence-corrected chi connectivity index (χ3v) is 4.07. The van der Waals surface area contributed by atoms with Gasteiger partial charge in [-0.05, 0) is 30.6 Å². The number of carbonyl (C=O) groups is 1. The molecule has 2 aromatic rings. The quantitative estimate of drug-likeness (QED) is 0.808. The van der Waals surface area contributed by atoms with Crippen LogP contribution < -0.4 is 0 Å². The van der Waals surface area contributed by atoms with E-state index in [2.05, 4.69) is 9.36 Å². The average Bonchev–Trinajstić information content (AvgIpc) is 2.74. The summed E-state index contributed by atoms with van der Waals surface area (Å²) in [5.41, 5.74) is -0.847. The number of aldehydes is 1. The molecule has 0 unspecified atom stereocenters. The van der Waals surface area contributed by atoms with E-state index in [1.54, 1.807) is 6.92 Å². The average molecular weight is 304 g/mol. The Bertz CT molecular complexity index is 610. The molecular weight excluding hydrogens is 297 g/mol. The number of alkyl halides is 3. The van der Waals surface area contributed by atoms with Crippen molar-refractivity contribution in [2.45, 2.75) is 22.3 Å². The summed E-state index contributed by atoms with van der Waals surface area (Å²) in [6.07, 6.45) is -4.13. The molecular formula is C11H7F3N2OS2. The van der Waals surface area contributed by atoms with E-state index in [0.717, 1.165) is 29.4 Å². The Morgan fingerprint density at radius 2 is 2.11 bits per heavy atom. The smallest absolute Gasteiger partial charge is 0.298 e. The van der Waals surface area contributed by atoms with Crippen LogP contribution in [0.25, 0.3) is 0 Å². The first-order chi connectivity index (χ1) is 8.90. The maximum atomic E-state index is 12.9. The molecule has 0 bridgehead atoms. The number of carbonyl (C=O) groups excluding carboxylic acids is 1. The Morgan fingerprint density at radius 1 is 1.37 bits per heavy atom. The van der Waals surface area contributed by atoms with Gasteiger partial charge in [0.1, 0.15) is 12.1 Å². The van der Waals surface area contributed by atoms with Crippen molar-refractivity contribution in [1.82, 2.24) is 9.36 Å². The molecule has 100 valence electrons. The van der Waals surface area contributed by atoms with Gasteiger partial charge in [-0.3, -0.25) is 4.79 Å². The molecule has 0 N–H and O–H groups in total. The zero-order chi connectivity index (χ0) is 14.0. The van der Waals surface area contributed by atoms with Crippen molar-refractivity contribution >= 4 is 29.6 Å². The molecule has 0 spiro atoms. The first-order valence-electron chi connectivity index (χ1n) is 5.05. The molecule has 19 heavy (non-hydrogen) atoms. The molecule has 0 fully saturated rings. The fraction of sp³-hybridized carbons (Fsp3) is 0.182. The van der Waals surface area contributed by atoms with Crippen LogP contribution in [0.15, 0.2) is 27.4 Å². The lowest BCUT2D eigenvalue weighted by atomic mass is 10.1. The van der Waals surface area contributed by atoms with Gasteiger partial charge < -0.3 is 0 Å². The number of hydrogen-bond acceptors (Lipinski definition) is 5. The molecule has 0 aliphatic carbocycles. The number of aryl methyl sites for hydroxylation is 1. The molecule has 1 aromatic carbocycles. The summed E-state index contributed by atoms with van der Waals surface area (Å²) in [5.74, 6) is 0.519. The third-order valence-electron chi connectivity index (χ3n) is 2.15. The Morgan fingerprint density at radius 3 is 2.63 bits per heavy atom. The summed E-state index contributed by atoms with van der Waals surface area (Å²) in [4.78, 5) is 14.6. The Hall–Kier alpha value is -1.41. The van der Waals surface area contributed by atoms with Crippen LogP contribution in [0.4, 0.5) is 13.2 Å². The lowest BCUT2D eigenvalue weighted by Crippen LogP contribution is -2.07. The summed E-state index contributed by atoms with van der Waals surface area (Å²) in [5, 5.41) is 0. The minimum Gasteiger partial charge on any atom is -0.298 e. The van der Waals surface area contributed by atoms with E-state index < -0.39 is 11.7 Å². The van der Waals surface area contributed by atoms with Crippen molar-refractivity contribution in [3.05, 3.63) is 35.2 Å². The van der Waals surface area contributed by atoms with E-state index in [1.165, 1.54) is 12.1 Å². The molecule has 0 radical (unpaired) electrons. The van der Waals surface area contributed by atoms with Gasteiger partial charge in [0.2, 0.25) is 0 Å². The van der Waals surface area contributed by atoms with Crippen LogP contribution in [-0.2, 0) is 6.18 Å². The monoisotopic (exact) mass is 304 g/mol. The highest BCUT2D eigenvalue weighted by Gasteiger charge is 2.34. The van der Waals surface area contributed by atoms with Crippen molar-refractivity contribution < 1.29 is 18.0 Å². The van der Waals surface area contributed by atoms with Crippen LogP contribution in [0.3, 0.4) is 0 Å². The number of hydrogen-bond donors (Lipinski definition) is 0. The molecule has 8 heteroatoms. The molecule has 2 rings (SSSR count). The Labute approximate surface area is 115 Å². The predicted molar refractivity (Wildman–Crippen MR) is 65.6 cm³/mol. The van der Waals surface area contributed by atoms with E-state index in [0.29, 0.717) is 16.5 Å². The first kappa shape index (κ1) is 14.0. The van der Waals surface area contributed by atoms with Gasteiger partial charge in [-0.15, -0.1) is 0 Å². The minimum absolute atomic E-state index is 0.00856. The van der Waals surface area contributed by atoms with E-state index in [4.69, 9.17) is 0 Å². The van der Waals surface area contributed by atoms with Gasteiger partial charge in [-0.25, -0.2) is 4.98 Å². The number of rotatable bonds is 3. The third kappa shape index (κ3) is 3.32. The van der Waals surface area contributed by atoms with Crippen molar-refractivity contribution in [2.75, 3.05) is 0 Å². The zero-order valence-electron chi connectivity index (χ0n) is 9.56. The molecule has 3 nitrogen and oxygen atoms in total. The topological polar surface area (TPSA) is 42.9 Å². The molecule has 0 aliphatic heterocycles. The maximum absolute atomic E-state index is 12.9. The Kier molecular flexibility index (Phi) is 3.91. The molecule has 0 amide bonds. The highest BCUT2D eigenvalue weighted by molar-refractivity contribution is 8.01. The second-order valence-corrected chi connectivity index (χ2v) is 5.62. The summed E-state index contributed by atoms with van der Waals surface area (Å²) >= 11 is 1.93. The van der Waals surface area contributed by atoms with Crippen molar-refractivity contribution in [3.63, 3.8) is 0 Å². The number of aromatic nitrogens is 2. The predicted octanol–water partition coefficient (Wildman–Crippen LogP) is 3.83. The molecule has 1 aromatic heterocycles. The lowest BCUT2D eigenvalue weighted by molar-refractivity contribution is -0.139. The maximum Gasteiger partial charge on any atom is 0.417 e. The van der Waals surface area contributed by atoms with Crippen LogP contribution >= 0.6 is 23.3 Å². The fourth-order valence-electron chi connectivity index (χ4n) is 1.34. The minimum atomic E-state index is -4.51. The van der Waals surface area contributed by atoms with Gasteiger partial charge in [0.05, 0.1) is 5.56 Å². The summed E-state index contributed by atoms with van der Waals surface area (Å²) in [6, 6.07) is 3.45. The van der Waals surface area contributed by atoms with Gasteiger partial charge >= 0.3 is 6.18 Å². The fourth-order valence-corrected chi connectivity index (χ4v) is 3.09. The number of halogens is 3. The normalized spacial score (nSPS) is 11.6. The van der Waals surface area contributed by atoms with Crippen molar-refractivity contribution in [1.29, 1.82) is 0 Å². The number of nitrogens with zero attached hydrogens (tertiary/aromatic N) is 2. The van der Waals surface area contributed by atoms with Gasteiger partial charge in [0.15, 0.2) is 4.34 Å². The summed E-state index contributed by atoms with van der Waals surface area (Å²) in [7, 11) is 0. The second-order valence-electron chi connectivity index (χ2n) is 3.58. The molecule has 0 saturated heterocycles. The molecule has 1 heterocycles. The van der Waals surface area contributed by atoms with E-state index >= 15 is 0 Å². The standard InChI is InChI=1S/C11H7F3N2OS2/c1-6-15-10(19-16-6)18-9-3-2-7(5-17)4-8(9)11(12,13)14/h2-5H,1H3. The van der Waals surface area contributed by atoms with E-state index in [-0.39, 0.29) is 10.5 Å². The summed E-state index contributed by atoms with van der Waals surface area (Å²) in [6.45, 7) is 1.67. The van der Waals surface area contributed by atoms with Crippen LogP contribution in [-0.4, -0.2) is 15.6 Å². The van der Waals surface area contributed by atoms with Gasteiger partial charge in [0.25, 0.3) is 0 Å². The second kappa shape index (κ2) is 5.30. The van der Waals surface area contributed by atoms with E-state index in [1.807, 2.05) is 0 Å². The SMILES string of the molecule is Cc1nsc(Sc2ccc(C=O)cc2C(F)(F)F)n1. The zero-order valence-corrected chi connectivity index (χ0v) is 11.2. The molecule has 0 aliphatic rings. The largest absolute Gasteiger partial charge is 0.417 e. The van der Waals surface area contributed by atoms with Crippen LogP contribution in [0, 0.1) is 6.92 Å². The summed E-state index contributed by atoms with van der Waals surface area (Å²) < 4.78 is 43.1. The molecule has 0 saturated carbocycles. The van der Waals surface area contributed by atoms with Crippen LogP contribution in [0.5, 0.6) is 0 Å². The first-order valence-corrected chi connectivity index (χ1v) is 6.64. The van der Waals surface area contributed by atoms with Gasteiger partial charge in [-0.1, -0.05) is 17.8 Å². The lowest BCUT2D eigenvalue weighted by Gasteiger charge is -2.11. The Balaban J connectivity index is 2.41. The van der Waals surface area contributed by atoms with Crippen molar-refractivity contribution in [3.8, 4) is 0 Å². The van der Waals surface area contributed by atoms with Gasteiger partial charge in [-0.2, -0.15) is 17.5 Å². The molecule has 0 atom stereocenters.